The maximum Gasteiger partial charge on any atom is 0.0334 e. The lowest BCUT2D eigenvalue weighted by Gasteiger charge is -2.53. The highest BCUT2D eigenvalue weighted by atomic mass is 15.2. The molecule has 0 radical (unpaired) electrons. The van der Waals surface area contributed by atoms with E-state index in [1.165, 1.54) is 38.6 Å². The molecule has 1 aliphatic carbocycles. The number of rotatable bonds is 7. The van der Waals surface area contributed by atoms with Crippen LogP contribution in [0.1, 0.15) is 59.8 Å². The van der Waals surface area contributed by atoms with Gasteiger partial charge in [-0.05, 0) is 38.0 Å². The van der Waals surface area contributed by atoms with Crippen molar-refractivity contribution in [2.24, 2.45) is 11.7 Å². The fourth-order valence-electron chi connectivity index (χ4n) is 3.05. The van der Waals surface area contributed by atoms with Crippen molar-refractivity contribution in [2.75, 3.05) is 13.1 Å². The summed E-state index contributed by atoms with van der Waals surface area (Å²) in [6, 6.07) is 0.728. The Bertz CT molecular complexity index is 187. The van der Waals surface area contributed by atoms with Crippen molar-refractivity contribution in [2.45, 2.75) is 71.4 Å². The van der Waals surface area contributed by atoms with Gasteiger partial charge in [0.15, 0.2) is 0 Å². The summed E-state index contributed by atoms with van der Waals surface area (Å²) < 4.78 is 0. The molecular weight excluding hydrogens is 196 g/mol. The summed E-state index contributed by atoms with van der Waals surface area (Å²) in [5.74, 6) is 0.740. The number of hydrogen-bond donors (Lipinski definition) is 1. The first-order valence-electron chi connectivity index (χ1n) is 7.06. The van der Waals surface area contributed by atoms with Crippen molar-refractivity contribution < 1.29 is 0 Å². The van der Waals surface area contributed by atoms with Crippen LogP contribution < -0.4 is 5.73 Å². The Morgan fingerprint density at radius 3 is 2.00 bits per heavy atom. The van der Waals surface area contributed by atoms with Crippen molar-refractivity contribution in [3.05, 3.63) is 0 Å². The second-order valence-corrected chi connectivity index (χ2v) is 5.80. The second kappa shape index (κ2) is 6.02. The van der Waals surface area contributed by atoms with E-state index in [1.54, 1.807) is 0 Å². The highest BCUT2D eigenvalue weighted by Crippen LogP contribution is 2.39. The minimum absolute atomic E-state index is 0.348. The highest BCUT2D eigenvalue weighted by molar-refractivity contribution is 5.01. The third-order valence-corrected chi connectivity index (χ3v) is 4.22. The van der Waals surface area contributed by atoms with E-state index in [9.17, 15) is 0 Å². The molecule has 0 bridgehead atoms. The fraction of sp³-hybridized carbons (Fsp3) is 1.00. The van der Waals surface area contributed by atoms with Crippen molar-refractivity contribution in [1.29, 1.82) is 0 Å². The molecule has 2 heteroatoms. The Morgan fingerprint density at radius 1 is 1.19 bits per heavy atom. The summed E-state index contributed by atoms with van der Waals surface area (Å²) in [7, 11) is 0. The lowest BCUT2D eigenvalue weighted by atomic mass is 9.74. The van der Waals surface area contributed by atoms with Crippen LogP contribution in [0.5, 0.6) is 0 Å². The molecular formula is C14H30N2. The SMILES string of the molecule is CCC(CC)N(CC(C)C)C1(CN)CCC1. The van der Waals surface area contributed by atoms with Gasteiger partial charge in [-0.1, -0.05) is 27.7 Å². The highest BCUT2D eigenvalue weighted by Gasteiger charge is 2.43. The third kappa shape index (κ3) is 2.78. The Hall–Kier alpha value is -0.0800. The summed E-state index contributed by atoms with van der Waals surface area (Å²) in [5.41, 5.74) is 6.40. The smallest absolute Gasteiger partial charge is 0.0334 e. The number of hydrogen-bond acceptors (Lipinski definition) is 2. The molecule has 0 aromatic heterocycles. The first kappa shape index (κ1) is 14.0. The van der Waals surface area contributed by atoms with Crippen LogP contribution in [0, 0.1) is 5.92 Å². The largest absolute Gasteiger partial charge is 0.329 e. The summed E-state index contributed by atoms with van der Waals surface area (Å²) in [5, 5.41) is 0. The van der Waals surface area contributed by atoms with E-state index in [1.807, 2.05) is 0 Å². The first-order valence-corrected chi connectivity index (χ1v) is 7.06. The molecule has 0 unspecified atom stereocenters. The molecule has 96 valence electrons. The van der Waals surface area contributed by atoms with Crippen LogP contribution in [0.25, 0.3) is 0 Å². The molecule has 1 rings (SSSR count). The van der Waals surface area contributed by atoms with Crippen LogP contribution >= 0.6 is 0 Å². The van der Waals surface area contributed by atoms with Gasteiger partial charge in [-0.15, -0.1) is 0 Å². The van der Waals surface area contributed by atoms with Crippen molar-refractivity contribution >= 4 is 0 Å². The van der Waals surface area contributed by atoms with E-state index in [0.717, 1.165) is 18.5 Å². The zero-order valence-corrected chi connectivity index (χ0v) is 11.6. The lowest BCUT2D eigenvalue weighted by Crippen LogP contribution is -2.62. The molecule has 16 heavy (non-hydrogen) atoms. The molecule has 0 aliphatic heterocycles. The number of nitrogens with zero attached hydrogens (tertiary/aromatic N) is 1. The third-order valence-electron chi connectivity index (χ3n) is 4.22. The molecule has 0 saturated heterocycles. The zero-order valence-electron chi connectivity index (χ0n) is 11.6. The summed E-state index contributed by atoms with van der Waals surface area (Å²) in [6.07, 6.45) is 6.50. The van der Waals surface area contributed by atoms with Gasteiger partial charge in [0.25, 0.3) is 0 Å². The molecule has 0 atom stereocenters. The van der Waals surface area contributed by atoms with Gasteiger partial charge in [0, 0.05) is 24.7 Å². The van der Waals surface area contributed by atoms with Gasteiger partial charge in [-0.2, -0.15) is 0 Å². The van der Waals surface area contributed by atoms with E-state index >= 15 is 0 Å². The Morgan fingerprint density at radius 2 is 1.75 bits per heavy atom. The Kier molecular flexibility index (Phi) is 5.26. The van der Waals surface area contributed by atoms with Crippen LogP contribution in [-0.4, -0.2) is 29.6 Å². The van der Waals surface area contributed by atoms with Crippen LogP contribution in [-0.2, 0) is 0 Å². The van der Waals surface area contributed by atoms with Crippen LogP contribution in [0.4, 0.5) is 0 Å². The van der Waals surface area contributed by atoms with Gasteiger partial charge in [0.1, 0.15) is 0 Å². The van der Waals surface area contributed by atoms with Gasteiger partial charge in [-0.3, -0.25) is 4.90 Å². The van der Waals surface area contributed by atoms with Crippen molar-refractivity contribution in [1.82, 2.24) is 4.90 Å². The molecule has 0 aromatic carbocycles. The number of nitrogens with two attached hydrogens (primary N) is 1. The van der Waals surface area contributed by atoms with Gasteiger partial charge >= 0.3 is 0 Å². The summed E-state index contributed by atoms with van der Waals surface area (Å²) in [6.45, 7) is 11.3. The molecule has 0 amide bonds. The average molecular weight is 226 g/mol. The predicted molar refractivity (Wildman–Crippen MR) is 71.6 cm³/mol. The van der Waals surface area contributed by atoms with E-state index in [-0.39, 0.29) is 0 Å². The van der Waals surface area contributed by atoms with Gasteiger partial charge in [-0.25, -0.2) is 0 Å². The van der Waals surface area contributed by atoms with Gasteiger partial charge < -0.3 is 5.73 Å². The summed E-state index contributed by atoms with van der Waals surface area (Å²) in [4.78, 5) is 2.74. The molecule has 1 saturated carbocycles. The maximum atomic E-state index is 6.05. The van der Waals surface area contributed by atoms with E-state index in [2.05, 4.69) is 32.6 Å². The first-order chi connectivity index (χ1) is 7.59. The van der Waals surface area contributed by atoms with E-state index in [0.29, 0.717) is 5.54 Å². The minimum Gasteiger partial charge on any atom is -0.329 e. The average Bonchev–Trinajstić information content (AvgIpc) is 2.17. The van der Waals surface area contributed by atoms with Crippen LogP contribution in [0.3, 0.4) is 0 Å². The van der Waals surface area contributed by atoms with Gasteiger partial charge in [0.2, 0.25) is 0 Å². The van der Waals surface area contributed by atoms with E-state index < -0.39 is 0 Å². The molecule has 1 aliphatic rings. The lowest BCUT2D eigenvalue weighted by molar-refractivity contribution is -0.0219. The van der Waals surface area contributed by atoms with Crippen molar-refractivity contribution in [3.63, 3.8) is 0 Å². The quantitative estimate of drug-likeness (QED) is 0.723. The van der Waals surface area contributed by atoms with Crippen molar-refractivity contribution in [3.8, 4) is 0 Å². The van der Waals surface area contributed by atoms with Crippen LogP contribution in [0.15, 0.2) is 0 Å². The molecule has 2 N–H and O–H groups in total. The summed E-state index contributed by atoms with van der Waals surface area (Å²) >= 11 is 0. The minimum atomic E-state index is 0.348. The molecule has 0 heterocycles. The normalized spacial score (nSPS) is 19.5. The molecule has 0 aromatic rings. The maximum absolute atomic E-state index is 6.05. The Balaban J connectivity index is 2.76. The van der Waals surface area contributed by atoms with E-state index in [4.69, 9.17) is 5.73 Å². The topological polar surface area (TPSA) is 29.3 Å². The fourth-order valence-corrected chi connectivity index (χ4v) is 3.05. The van der Waals surface area contributed by atoms with Gasteiger partial charge in [0.05, 0.1) is 0 Å². The second-order valence-electron chi connectivity index (χ2n) is 5.80. The molecule has 1 fully saturated rings. The standard InChI is InChI=1S/C14H30N2/c1-5-13(6-2)16(10-12(3)4)14(11-15)8-7-9-14/h12-13H,5-11,15H2,1-4H3. The van der Waals surface area contributed by atoms with Crippen LogP contribution in [0.2, 0.25) is 0 Å². The molecule has 0 spiro atoms. The zero-order chi connectivity index (χ0) is 12.2. The predicted octanol–water partition coefficient (Wildman–Crippen LogP) is 3.01. The Labute approximate surface area is 102 Å². The monoisotopic (exact) mass is 226 g/mol. The molecule has 2 nitrogen and oxygen atoms in total.